The van der Waals surface area contributed by atoms with Gasteiger partial charge in [0, 0.05) is 5.56 Å². The van der Waals surface area contributed by atoms with Gasteiger partial charge in [0.1, 0.15) is 5.75 Å². The Balaban J connectivity index is 2.68. The monoisotopic (exact) mass is 218 g/mol. The maximum absolute atomic E-state index is 10.8. The molecule has 0 aliphatic carbocycles. The molecule has 0 saturated carbocycles. The summed E-state index contributed by atoms with van der Waals surface area (Å²) in [4.78, 5) is 10.8. The first-order valence-electron chi connectivity index (χ1n) is 4.71. The molecule has 2 rings (SSSR count). The fourth-order valence-electron chi connectivity index (χ4n) is 1.59. The molecule has 3 N–H and O–H groups in total. The molecule has 0 aliphatic rings. The summed E-state index contributed by atoms with van der Waals surface area (Å²) in [6.07, 6.45) is 0. The predicted octanol–water partition coefficient (Wildman–Crippen LogP) is 1.74. The van der Waals surface area contributed by atoms with E-state index >= 15 is 0 Å². The Labute approximate surface area is 91.4 Å². The van der Waals surface area contributed by atoms with E-state index in [9.17, 15) is 9.90 Å². The van der Waals surface area contributed by atoms with Gasteiger partial charge in [-0.15, -0.1) is 0 Å². The number of fused-ring (bicyclic) bond motifs is 1. The highest BCUT2D eigenvalue weighted by Gasteiger charge is 2.06. The summed E-state index contributed by atoms with van der Waals surface area (Å²) >= 11 is 0. The maximum atomic E-state index is 10.8. The number of aliphatic hydroxyl groups is 1. The number of aromatic carboxylic acids is 1. The second-order valence-corrected chi connectivity index (χ2v) is 3.51. The Kier molecular flexibility index (Phi) is 2.50. The molecular weight excluding hydrogens is 208 g/mol. The molecule has 0 aromatic heterocycles. The third-order valence-corrected chi connectivity index (χ3v) is 2.46. The Morgan fingerprint density at radius 3 is 2.50 bits per heavy atom. The van der Waals surface area contributed by atoms with E-state index in [1.807, 2.05) is 0 Å². The van der Waals surface area contributed by atoms with Crippen molar-refractivity contribution in [3.63, 3.8) is 0 Å². The van der Waals surface area contributed by atoms with Gasteiger partial charge >= 0.3 is 5.97 Å². The van der Waals surface area contributed by atoms with Crippen LogP contribution in [0.4, 0.5) is 0 Å². The van der Waals surface area contributed by atoms with Crippen LogP contribution in [0.5, 0.6) is 5.75 Å². The minimum atomic E-state index is -1.000. The molecule has 16 heavy (non-hydrogen) atoms. The Hall–Kier alpha value is -2.07. The topological polar surface area (TPSA) is 77.8 Å². The lowest BCUT2D eigenvalue weighted by Gasteiger charge is -2.05. The third-order valence-electron chi connectivity index (χ3n) is 2.46. The second-order valence-electron chi connectivity index (χ2n) is 3.51. The first-order valence-corrected chi connectivity index (χ1v) is 4.71. The minimum Gasteiger partial charge on any atom is -0.508 e. The van der Waals surface area contributed by atoms with Crippen LogP contribution in [0.1, 0.15) is 15.9 Å². The van der Waals surface area contributed by atoms with Crippen LogP contribution >= 0.6 is 0 Å². The number of benzene rings is 2. The van der Waals surface area contributed by atoms with Crippen molar-refractivity contribution in [2.75, 3.05) is 0 Å². The van der Waals surface area contributed by atoms with Crippen molar-refractivity contribution in [1.29, 1.82) is 0 Å². The molecule has 0 radical (unpaired) electrons. The van der Waals surface area contributed by atoms with Crippen molar-refractivity contribution in [3.8, 4) is 5.75 Å². The van der Waals surface area contributed by atoms with Crippen LogP contribution in [0.2, 0.25) is 0 Å². The summed E-state index contributed by atoms with van der Waals surface area (Å²) in [5, 5.41) is 28.7. The SMILES string of the molecule is O=C(O)c1ccc2cc(O)c(CO)cc2c1. The van der Waals surface area contributed by atoms with E-state index in [-0.39, 0.29) is 17.9 Å². The zero-order valence-corrected chi connectivity index (χ0v) is 8.34. The number of aromatic hydroxyl groups is 1. The van der Waals surface area contributed by atoms with Crippen LogP contribution in [0, 0.1) is 0 Å². The zero-order chi connectivity index (χ0) is 11.7. The normalized spacial score (nSPS) is 10.6. The van der Waals surface area contributed by atoms with Crippen LogP contribution in [0.25, 0.3) is 10.8 Å². The molecular formula is C12H10O4. The number of rotatable bonds is 2. The number of carboxylic acid groups (broad SMARTS) is 1. The van der Waals surface area contributed by atoms with Crippen molar-refractivity contribution in [3.05, 3.63) is 41.5 Å². The molecule has 2 aromatic rings. The number of phenols is 1. The number of hydrogen-bond donors (Lipinski definition) is 3. The summed E-state index contributed by atoms with van der Waals surface area (Å²) in [6, 6.07) is 7.70. The highest BCUT2D eigenvalue weighted by atomic mass is 16.4. The summed E-state index contributed by atoms with van der Waals surface area (Å²) in [5.41, 5.74) is 0.567. The lowest BCUT2D eigenvalue weighted by atomic mass is 10.0. The van der Waals surface area contributed by atoms with E-state index in [0.717, 1.165) is 5.39 Å². The fourth-order valence-corrected chi connectivity index (χ4v) is 1.59. The molecule has 4 heteroatoms. The number of aliphatic hydroxyl groups excluding tert-OH is 1. The van der Waals surface area contributed by atoms with Crippen LogP contribution < -0.4 is 0 Å². The molecule has 2 aromatic carbocycles. The molecule has 82 valence electrons. The van der Waals surface area contributed by atoms with Crippen molar-refractivity contribution in [1.82, 2.24) is 0 Å². The molecule has 0 bridgehead atoms. The highest BCUT2D eigenvalue weighted by molar-refractivity contribution is 5.95. The van der Waals surface area contributed by atoms with E-state index in [0.29, 0.717) is 10.9 Å². The van der Waals surface area contributed by atoms with E-state index in [1.165, 1.54) is 18.2 Å². The summed E-state index contributed by atoms with van der Waals surface area (Å²) in [7, 11) is 0. The molecule has 0 atom stereocenters. The van der Waals surface area contributed by atoms with E-state index < -0.39 is 5.97 Å². The van der Waals surface area contributed by atoms with Gasteiger partial charge in [-0.3, -0.25) is 0 Å². The van der Waals surface area contributed by atoms with Gasteiger partial charge in [0.05, 0.1) is 12.2 Å². The quantitative estimate of drug-likeness (QED) is 0.717. The Morgan fingerprint density at radius 2 is 1.88 bits per heavy atom. The largest absolute Gasteiger partial charge is 0.508 e. The minimum absolute atomic E-state index is 0.0121. The molecule has 0 fully saturated rings. The zero-order valence-electron chi connectivity index (χ0n) is 8.34. The second kappa shape index (κ2) is 3.83. The van der Waals surface area contributed by atoms with Crippen molar-refractivity contribution >= 4 is 16.7 Å². The molecule has 0 unspecified atom stereocenters. The Morgan fingerprint density at radius 1 is 1.12 bits per heavy atom. The van der Waals surface area contributed by atoms with Crippen LogP contribution in [-0.2, 0) is 6.61 Å². The van der Waals surface area contributed by atoms with Gasteiger partial charge in [-0.05, 0) is 35.0 Å². The van der Waals surface area contributed by atoms with E-state index in [2.05, 4.69) is 0 Å². The standard InChI is InChI=1S/C12H10O4/c13-6-10-4-9-3-8(12(15)16)2-1-7(9)5-11(10)14/h1-5,13-14H,6H2,(H,15,16). The molecule has 0 heterocycles. The van der Waals surface area contributed by atoms with Gasteiger partial charge in [-0.1, -0.05) is 6.07 Å². The lowest BCUT2D eigenvalue weighted by Crippen LogP contribution is -1.95. The van der Waals surface area contributed by atoms with E-state index in [4.69, 9.17) is 10.2 Å². The average molecular weight is 218 g/mol. The average Bonchev–Trinajstić information content (AvgIpc) is 2.27. The van der Waals surface area contributed by atoms with Crippen LogP contribution in [0.3, 0.4) is 0 Å². The number of hydrogen-bond acceptors (Lipinski definition) is 3. The van der Waals surface area contributed by atoms with Crippen LogP contribution in [0.15, 0.2) is 30.3 Å². The first kappa shape index (κ1) is 10.4. The number of carbonyl (C=O) groups is 1. The maximum Gasteiger partial charge on any atom is 0.335 e. The van der Waals surface area contributed by atoms with Gasteiger partial charge < -0.3 is 15.3 Å². The fraction of sp³-hybridized carbons (Fsp3) is 0.0833. The van der Waals surface area contributed by atoms with E-state index in [1.54, 1.807) is 12.1 Å². The molecule has 0 amide bonds. The Bertz CT molecular complexity index is 560. The van der Waals surface area contributed by atoms with Gasteiger partial charge in [0.2, 0.25) is 0 Å². The summed E-state index contributed by atoms with van der Waals surface area (Å²) in [5.74, 6) is -0.987. The third kappa shape index (κ3) is 1.70. The first-order chi connectivity index (χ1) is 7.61. The van der Waals surface area contributed by atoms with Gasteiger partial charge in [0.15, 0.2) is 0 Å². The predicted molar refractivity (Wildman–Crippen MR) is 58.5 cm³/mol. The lowest BCUT2D eigenvalue weighted by molar-refractivity contribution is 0.0697. The summed E-state index contributed by atoms with van der Waals surface area (Å²) < 4.78 is 0. The van der Waals surface area contributed by atoms with Crippen molar-refractivity contribution < 1.29 is 20.1 Å². The molecule has 0 saturated heterocycles. The molecule has 0 spiro atoms. The van der Waals surface area contributed by atoms with Gasteiger partial charge in [-0.2, -0.15) is 0 Å². The van der Waals surface area contributed by atoms with Crippen LogP contribution in [-0.4, -0.2) is 21.3 Å². The highest BCUT2D eigenvalue weighted by Crippen LogP contribution is 2.25. The molecule has 0 aliphatic heterocycles. The van der Waals surface area contributed by atoms with Gasteiger partial charge in [-0.25, -0.2) is 4.79 Å². The summed E-state index contributed by atoms with van der Waals surface area (Å²) in [6.45, 7) is -0.279. The number of carboxylic acids is 1. The van der Waals surface area contributed by atoms with Gasteiger partial charge in [0.25, 0.3) is 0 Å². The van der Waals surface area contributed by atoms with Crippen molar-refractivity contribution in [2.45, 2.75) is 6.61 Å². The van der Waals surface area contributed by atoms with Crippen molar-refractivity contribution in [2.24, 2.45) is 0 Å². The smallest absolute Gasteiger partial charge is 0.335 e. The molecule has 4 nitrogen and oxygen atoms in total.